The van der Waals surface area contributed by atoms with Gasteiger partial charge in [0.25, 0.3) is 11.8 Å². The van der Waals surface area contributed by atoms with E-state index in [4.69, 9.17) is 16.3 Å². The van der Waals surface area contributed by atoms with E-state index in [2.05, 4.69) is 5.32 Å². The molecular weight excluding hydrogens is 449 g/mol. The van der Waals surface area contributed by atoms with Crippen molar-refractivity contribution in [2.45, 2.75) is 25.5 Å². The van der Waals surface area contributed by atoms with E-state index in [-0.39, 0.29) is 31.5 Å². The fourth-order valence-corrected chi connectivity index (χ4v) is 4.61. The van der Waals surface area contributed by atoms with Gasteiger partial charge in [0.1, 0.15) is 5.82 Å². The average Bonchev–Trinajstić information content (AvgIpc) is 3.04. The Morgan fingerprint density at radius 2 is 1.88 bits per heavy atom. The summed E-state index contributed by atoms with van der Waals surface area (Å²) >= 11 is 6.33. The van der Waals surface area contributed by atoms with E-state index in [1.165, 1.54) is 6.07 Å². The summed E-state index contributed by atoms with van der Waals surface area (Å²) in [7, 11) is 0. The topological polar surface area (TPSA) is 79.0 Å². The first-order valence-electron chi connectivity index (χ1n) is 10.9. The van der Waals surface area contributed by atoms with Crippen LogP contribution in [0.2, 0.25) is 5.02 Å². The van der Waals surface area contributed by atoms with Gasteiger partial charge >= 0.3 is 0 Å². The molecule has 2 unspecified atom stereocenters. The number of nitrogens with zero attached hydrogens (tertiary/aromatic N) is 2. The van der Waals surface area contributed by atoms with Crippen LogP contribution in [0.15, 0.2) is 42.5 Å². The van der Waals surface area contributed by atoms with Gasteiger partial charge in [0.15, 0.2) is 0 Å². The van der Waals surface area contributed by atoms with Crippen LogP contribution in [0.3, 0.4) is 0 Å². The lowest BCUT2D eigenvalue weighted by atomic mass is 10.0. The second-order valence-electron chi connectivity index (χ2n) is 8.19. The van der Waals surface area contributed by atoms with Crippen molar-refractivity contribution in [3.8, 4) is 0 Å². The monoisotopic (exact) mass is 473 g/mol. The lowest BCUT2D eigenvalue weighted by Crippen LogP contribution is -2.47. The Morgan fingerprint density at radius 1 is 1.18 bits per heavy atom. The maximum absolute atomic E-state index is 14.7. The Morgan fingerprint density at radius 3 is 2.52 bits per heavy atom. The molecule has 0 bridgehead atoms. The largest absolute Gasteiger partial charge is 0.376 e. The molecule has 174 valence electrons. The fourth-order valence-electron chi connectivity index (χ4n) is 4.33. The smallest absolute Gasteiger partial charge is 0.261 e. The van der Waals surface area contributed by atoms with Crippen LogP contribution in [0.4, 0.5) is 4.39 Å². The lowest BCUT2D eigenvalue weighted by molar-refractivity contribution is -0.121. The van der Waals surface area contributed by atoms with Crippen molar-refractivity contribution in [3.05, 3.63) is 70.0 Å². The molecule has 0 saturated carbocycles. The van der Waals surface area contributed by atoms with Crippen LogP contribution in [0.25, 0.3) is 0 Å². The van der Waals surface area contributed by atoms with Gasteiger partial charge in [-0.15, -0.1) is 0 Å². The standard InChI is InChI=1S/C24H25ClFN3O4/c1-15-14-28(11-12-33-15)20(22-18(25)7-4-8-19(22)26)13-27-21(30)9-10-29-23(31)16-5-2-3-6-17(16)24(29)32/h2-8,15,20H,9-14H2,1H3,(H,27,30). The number of rotatable bonds is 7. The number of morpholine rings is 1. The number of amides is 3. The second-order valence-corrected chi connectivity index (χ2v) is 8.60. The Labute approximate surface area is 196 Å². The fraction of sp³-hybridized carbons (Fsp3) is 0.375. The Kier molecular flexibility index (Phi) is 7.07. The van der Waals surface area contributed by atoms with Crippen molar-refractivity contribution in [1.82, 2.24) is 15.1 Å². The highest BCUT2D eigenvalue weighted by Gasteiger charge is 2.35. The van der Waals surface area contributed by atoms with Crippen molar-refractivity contribution in [1.29, 1.82) is 0 Å². The van der Waals surface area contributed by atoms with Crippen LogP contribution in [-0.2, 0) is 9.53 Å². The molecule has 2 aliphatic heterocycles. The lowest BCUT2D eigenvalue weighted by Gasteiger charge is -2.38. The summed E-state index contributed by atoms with van der Waals surface area (Å²) in [5.41, 5.74) is 1.02. The first-order chi connectivity index (χ1) is 15.9. The molecule has 0 radical (unpaired) electrons. The first-order valence-corrected chi connectivity index (χ1v) is 11.3. The molecule has 0 aromatic heterocycles. The normalized spacial score (nSPS) is 19.5. The summed E-state index contributed by atoms with van der Waals surface area (Å²) in [6.45, 7) is 3.68. The Hall–Kier alpha value is -2.81. The zero-order valence-electron chi connectivity index (χ0n) is 18.2. The minimum absolute atomic E-state index is 0.0299. The SMILES string of the molecule is CC1CN(C(CNC(=O)CCN2C(=O)c3ccccc3C2=O)c2c(F)cccc2Cl)CCO1. The van der Waals surface area contributed by atoms with E-state index in [0.717, 1.165) is 4.90 Å². The van der Waals surface area contributed by atoms with Crippen LogP contribution in [0.1, 0.15) is 45.7 Å². The summed E-state index contributed by atoms with van der Waals surface area (Å²) in [5.74, 6) is -1.58. The summed E-state index contributed by atoms with van der Waals surface area (Å²) in [6.07, 6.45) is -0.0841. The highest BCUT2D eigenvalue weighted by atomic mass is 35.5. The zero-order chi connectivity index (χ0) is 23.5. The van der Waals surface area contributed by atoms with Crippen molar-refractivity contribution in [2.24, 2.45) is 0 Å². The van der Waals surface area contributed by atoms with Crippen molar-refractivity contribution >= 4 is 29.3 Å². The molecule has 7 nitrogen and oxygen atoms in total. The van der Waals surface area contributed by atoms with Gasteiger partial charge in [0.05, 0.1) is 29.9 Å². The van der Waals surface area contributed by atoms with Crippen molar-refractivity contribution in [3.63, 3.8) is 0 Å². The molecule has 2 aromatic rings. The van der Waals surface area contributed by atoms with Gasteiger partial charge in [-0.2, -0.15) is 0 Å². The minimum Gasteiger partial charge on any atom is -0.376 e. The molecule has 4 rings (SSSR count). The first kappa shape index (κ1) is 23.4. The van der Waals surface area contributed by atoms with E-state index < -0.39 is 23.7 Å². The van der Waals surface area contributed by atoms with E-state index in [9.17, 15) is 18.8 Å². The number of carbonyl (C=O) groups excluding carboxylic acids is 3. The highest BCUT2D eigenvalue weighted by molar-refractivity contribution is 6.31. The number of halogens is 2. The van der Waals surface area contributed by atoms with Crippen LogP contribution in [0.5, 0.6) is 0 Å². The zero-order valence-corrected chi connectivity index (χ0v) is 19.0. The average molecular weight is 474 g/mol. The van der Waals surface area contributed by atoms with Crippen molar-refractivity contribution in [2.75, 3.05) is 32.8 Å². The molecule has 2 aliphatic rings. The number of nitrogens with one attached hydrogen (secondary N) is 1. The number of fused-ring (bicyclic) bond motifs is 1. The van der Waals surface area contributed by atoms with Gasteiger partial charge in [-0.25, -0.2) is 4.39 Å². The van der Waals surface area contributed by atoms with Gasteiger partial charge in [0, 0.05) is 43.2 Å². The van der Waals surface area contributed by atoms with Crippen LogP contribution in [0, 0.1) is 5.82 Å². The molecular formula is C24H25ClFN3O4. The number of hydrogen-bond acceptors (Lipinski definition) is 5. The van der Waals surface area contributed by atoms with Crippen LogP contribution >= 0.6 is 11.6 Å². The van der Waals surface area contributed by atoms with E-state index >= 15 is 0 Å². The summed E-state index contributed by atoms with van der Waals surface area (Å²) in [6, 6.07) is 10.6. The number of benzene rings is 2. The summed E-state index contributed by atoms with van der Waals surface area (Å²) < 4.78 is 20.3. The predicted octanol–water partition coefficient (Wildman–Crippen LogP) is 3.04. The number of hydrogen-bond donors (Lipinski definition) is 1. The molecule has 1 N–H and O–H groups in total. The quantitative estimate of drug-likeness (QED) is 0.625. The third-order valence-electron chi connectivity index (χ3n) is 5.98. The molecule has 3 amide bonds. The molecule has 2 atom stereocenters. The van der Waals surface area contributed by atoms with Gasteiger partial charge in [-0.1, -0.05) is 29.8 Å². The van der Waals surface area contributed by atoms with Crippen LogP contribution < -0.4 is 5.32 Å². The molecule has 33 heavy (non-hydrogen) atoms. The van der Waals surface area contributed by atoms with Gasteiger partial charge in [-0.05, 0) is 31.2 Å². The Bertz CT molecular complexity index is 1020. The van der Waals surface area contributed by atoms with Gasteiger partial charge in [-0.3, -0.25) is 24.2 Å². The molecule has 1 fully saturated rings. The van der Waals surface area contributed by atoms with Gasteiger partial charge in [0.2, 0.25) is 5.91 Å². The second kappa shape index (κ2) is 9.99. The summed E-state index contributed by atoms with van der Waals surface area (Å²) in [4.78, 5) is 40.7. The summed E-state index contributed by atoms with van der Waals surface area (Å²) in [5, 5.41) is 3.12. The minimum atomic E-state index is -0.478. The number of ether oxygens (including phenoxy) is 1. The number of imide groups is 1. The molecule has 0 aliphatic carbocycles. The van der Waals surface area contributed by atoms with E-state index in [1.54, 1.807) is 36.4 Å². The highest BCUT2D eigenvalue weighted by Crippen LogP contribution is 2.31. The van der Waals surface area contributed by atoms with Crippen molar-refractivity contribution < 1.29 is 23.5 Å². The molecule has 9 heteroatoms. The number of carbonyl (C=O) groups is 3. The third kappa shape index (κ3) is 4.93. The molecule has 2 heterocycles. The van der Waals surface area contributed by atoms with Crippen LogP contribution in [-0.4, -0.2) is 66.4 Å². The predicted molar refractivity (Wildman–Crippen MR) is 121 cm³/mol. The maximum Gasteiger partial charge on any atom is 0.261 e. The van der Waals surface area contributed by atoms with E-state index in [0.29, 0.717) is 41.4 Å². The maximum atomic E-state index is 14.7. The Balaban J connectivity index is 1.41. The molecule has 2 aromatic carbocycles. The molecule has 1 saturated heterocycles. The van der Waals surface area contributed by atoms with E-state index in [1.807, 2.05) is 11.8 Å². The van der Waals surface area contributed by atoms with Gasteiger partial charge < -0.3 is 10.1 Å². The third-order valence-corrected chi connectivity index (χ3v) is 6.31. The molecule has 0 spiro atoms.